The van der Waals surface area contributed by atoms with Crippen LogP contribution in [0.3, 0.4) is 0 Å². The molecule has 0 fully saturated rings. The predicted octanol–water partition coefficient (Wildman–Crippen LogP) is 6.45. The summed E-state index contributed by atoms with van der Waals surface area (Å²) < 4.78 is 0.214. The van der Waals surface area contributed by atoms with E-state index < -0.39 is 35.7 Å². The van der Waals surface area contributed by atoms with Crippen LogP contribution < -0.4 is 5.11 Å². The quantitative estimate of drug-likeness (QED) is 0.0686. The van der Waals surface area contributed by atoms with E-state index in [-0.39, 0.29) is 24.1 Å². The number of aliphatic carboxylic acids is 3. The van der Waals surface area contributed by atoms with Crippen molar-refractivity contribution in [3.8, 4) is 0 Å². The summed E-state index contributed by atoms with van der Waals surface area (Å²) in [7, 11) is 0. The minimum atomic E-state index is -1.14. The second-order valence-corrected chi connectivity index (χ2v) is 11.5. The number of rotatable bonds is 27. The highest BCUT2D eigenvalue weighted by Crippen LogP contribution is 2.25. The topological polar surface area (TPSA) is 115 Å². The van der Waals surface area contributed by atoms with Crippen molar-refractivity contribution in [1.29, 1.82) is 0 Å². The normalized spacial score (nSPS) is 15.6. The molecule has 0 aliphatic rings. The maximum Gasteiger partial charge on any atom is 0.312 e. The molecule has 0 saturated carbocycles. The first-order chi connectivity index (χ1) is 18.7. The fraction of sp³-hybridized carbons (Fsp3) is 0.844. The van der Waals surface area contributed by atoms with Crippen molar-refractivity contribution in [2.24, 2.45) is 17.8 Å². The molecule has 0 aliphatic carbocycles. The number of nitrogens with zero attached hydrogens (tertiary/aromatic N) is 1. The first-order valence-corrected chi connectivity index (χ1v) is 15.8. The monoisotopic (exact) mass is 553 g/mol. The van der Waals surface area contributed by atoms with Crippen LogP contribution in [0, 0.1) is 17.8 Å². The lowest BCUT2D eigenvalue weighted by molar-refractivity contribution is -0.935. The lowest BCUT2D eigenvalue weighted by Crippen LogP contribution is -2.59. The molecule has 0 amide bonds. The Bertz CT molecular complexity index is 632. The van der Waals surface area contributed by atoms with Crippen LogP contribution in [0.4, 0.5) is 0 Å². The van der Waals surface area contributed by atoms with Gasteiger partial charge in [0.05, 0.1) is 32.1 Å². The smallest absolute Gasteiger partial charge is 0.312 e. The van der Waals surface area contributed by atoms with E-state index >= 15 is 0 Å². The third-order valence-electron chi connectivity index (χ3n) is 8.23. The molecule has 3 atom stereocenters. The number of carboxylic acid groups (broad SMARTS) is 3. The standard InChI is InChI=1S/C32H59NO6/c1-5-9-10-11-12-13-14-15-16-17-18-19-20-21-22-23-33(24-27(6-2)30(34)35,25-28(7-3)31(36)37)26-29(8-4)32(38)39/h14-15,27-29H,5-13,16-26H2,1-4H3,(H2-,34,35,36,37,38,39)/b15-14+. The molecule has 0 bridgehead atoms. The van der Waals surface area contributed by atoms with E-state index in [0.29, 0.717) is 25.8 Å². The lowest BCUT2D eigenvalue weighted by atomic mass is 9.95. The van der Waals surface area contributed by atoms with Crippen LogP contribution >= 0.6 is 0 Å². The van der Waals surface area contributed by atoms with Crippen LogP contribution in [0.15, 0.2) is 12.2 Å². The van der Waals surface area contributed by atoms with Gasteiger partial charge in [0.25, 0.3) is 0 Å². The minimum Gasteiger partial charge on any atom is -0.550 e. The van der Waals surface area contributed by atoms with Crippen molar-refractivity contribution in [3.05, 3.63) is 12.2 Å². The number of carbonyl (C=O) groups excluding carboxylic acids is 1. The Kier molecular flexibility index (Phi) is 21.8. The Morgan fingerprint density at radius 2 is 1.00 bits per heavy atom. The molecule has 3 unspecified atom stereocenters. The van der Waals surface area contributed by atoms with Gasteiger partial charge in [-0.1, -0.05) is 84.8 Å². The Morgan fingerprint density at radius 3 is 1.38 bits per heavy atom. The number of unbranched alkanes of at least 4 members (excludes halogenated alkanes) is 11. The van der Waals surface area contributed by atoms with Crippen molar-refractivity contribution in [2.45, 2.75) is 130 Å². The summed E-state index contributed by atoms with van der Waals surface area (Å²) in [4.78, 5) is 35.7. The molecule has 228 valence electrons. The van der Waals surface area contributed by atoms with Crippen LogP contribution in [0.25, 0.3) is 0 Å². The van der Waals surface area contributed by atoms with Crippen LogP contribution in [0.2, 0.25) is 0 Å². The van der Waals surface area contributed by atoms with E-state index in [2.05, 4.69) is 19.1 Å². The van der Waals surface area contributed by atoms with Gasteiger partial charge in [-0.05, 0) is 57.8 Å². The zero-order valence-corrected chi connectivity index (χ0v) is 25.5. The second kappa shape index (κ2) is 22.9. The van der Waals surface area contributed by atoms with Crippen molar-refractivity contribution in [2.75, 3.05) is 26.2 Å². The second-order valence-electron chi connectivity index (χ2n) is 11.5. The number of quaternary nitrogens is 1. The molecule has 2 N–H and O–H groups in total. The van der Waals surface area contributed by atoms with Gasteiger partial charge in [-0.3, -0.25) is 9.59 Å². The number of hydrogen-bond acceptors (Lipinski definition) is 4. The van der Waals surface area contributed by atoms with Gasteiger partial charge < -0.3 is 24.6 Å². The number of allylic oxidation sites excluding steroid dienone is 2. The van der Waals surface area contributed by atoms with E-state index in [1.807, 2.05) is 13.8 Å². The highest BCUT2D eigenvalue weighted by atomic mass is 16.4. The van der Waals surface area contributed by atoms with Gasteiger partial charge in [0.1, 0.15) is 11.8 Å². The molecule has 39 heavy (non-hydrogen) atoms. The van der Waals surface area contributed by atoms with Crippen molar-refractivity contribution < 1.29 is 34.2 Å². The summed E-state index contributed by atoms with van der Waals surface area (Å²) in [6, 6.07) is 0. The molecule has 7 nitrogen and oxygen atoms in total. The summed E-state index contributed by atoms with van der Waals surface area (Å²) in [5.41, 5.74) is 0. The fourth-order valence-corrected chi connectivity index (χ4v) is 5.55. The number of carbonyl (C=O) groups is 3. The molecule has 0 radical (unpaired) electrons. The van der Waals surface area contributed by atoms with Gasteiger partial charge in [0.2, 0.25) is 0 Å². The van der Waals surface area contributed by atoms with E-state index in [1.54, 1.807) is 6.92 Å². The van der Waals surface area contributed by atoms with Gasteiger partial charge in [0.15, 0.2) is 0 Å². The first-order valence-electron chi connectivity index (χ1n) is 15.8. The number of hydrogen-bond donors (Lipinski definition) is 2. The van der Waals surface area contributed by atoms with E-state index in [4.69, 9.17) is 0 Å². The molecule has 0 heterocycles. The zero-order chi connectivity index (χ0) is 29.5. The largest absolute Gasteiger partial charge is 0.550 e. The number of carboxylic acids is 3. The Labute approximate surface area is 238 Å². The predicted molar refractivity (Wildman–Crippen MR) is 156 cm³/mol. The zero-order valence-electron chi connectivity index (χ0n) is 25.5. The van der Waals surface area contributed by atoms with E-state index in [0.717, 1.165) is 32.1 Å². The molecule has 0 saturated heterocycles. The van der Waals surface area contributed by atoms with Crippen LogP contribution in [-0.4, -0.2) is 58.8 Å². The first kappa shape index (κ1) is 37.1. The Hall–Kier alpha value is -1.89. The van der Waals surface area contributed by atoms with Crippen molar-refractivity contribution in [3.63, 3.8) is 0 Å². The average molecular weight is 554 g/mol. The van der Waals surface area contributed by atoms with E-state index in [9.17, 15) is 29.7 Å². The molecule has 0 aliphatic heterocycles. The maximum absolute atomic E-state index is 11.9. The third-order valence-corrected chi connectivity index (χ3v) is 8.23. The van der Waals surface area contributed by atoms with E-state index in [1.165, 1.54) is 51.4 Å². The van der Waals surface area contributed by atoms with Gasteiger partial charge in [0, 0.05) is 5.92 Å². The summed E-state index contributed by atoms with van der Waals surface area (Å²) in [6.07, 6.45) is 21.1. The van der Waals surface area contributed by atoms with Gasteiger partial charge in [-0.2, -0.15) is 0 Å². The molecular formula is C32H59NO6. The molecule has 0 aromatic carbocycles. The summed E-state index contributed by atoms with van der Waals surface area (Å²) in [5.74, 6) is -4.96. The van der Waals surface area contributed by atoms with Crippen molar-refractivity contribution >= 4 is 17.9 Å². The SMILES string of the molecule is CCCCCCC/C=C/CCCCCCCC[N+](CC(CC)C(=O)[O-])(CC(CC)C(=O)O)CC(CC)C(=O)O. The van der Waals surface area contributed by atoms with Gasteiger partial charge >= 0.3 is 11.9 Å². The van der Waals surface area contributed by atoms with Gasteiger partial charge in [-0.15, -0.1) is 0 Å². The lowest BCUT2D eigenvalue weighted by Gasteiger charge is -2.44. The highest BCUT2D eigenvalue weighted by molar-refractivity contribution is 5.70. The molecule has 0 aromatic heterocycles. The summed E-state index contributed by atoms with van der Waals surface area (Å²) >= 11 is 0. The maximum atomic E-state index is 11.9. The fourth-order valence-electron chi connectivity index (χ4n) is 5.55. The molecule has 0 spiro atoms. The minimum absolute atomic E-state index is 0.214. The highest BCUT2D eigenvalue weighted by Gasteiger charge is 2.39. The van der Waals surface area contributed by atoms with Crippen LogP contribution in [-0.2, 0) is 14.4 Å². The van der Waals surface area contributed by atoms with Crippen LogP contribution in [0.1, 0.15) is 130 Å². The Balaban J connectivity index is 4.98. The van der Waals surface area contributed by atoms with Crippen molar-refractivity contribution in [1.82, 2.24) is 0 Å². The third kappa shape index (κ3) is 17.4. The summed E-state index contributed by atoms with van der Waals surface area (Å²) in [5, 5.41) is 31.4. The van der Waals surface area contributed by atoms with Gasteiger partial charge in [-0.25, -0.2) is 0 Å². The molecular weight excluding hydrogens is 494 g/mol. The average Bonchev–Trinajstić information content (AvgIpc) is 2.90. The van der Waals surface area contributed by atoms with Crippen LogP contribution in [0.5, 0.6) is 0 Å². The molecule has 0 aromatic rings. The summed E-state index contributed by atoms with van der Waals surface area (Å²) in [6.45, 7) is 9.00. The Morgan fingerprint density at radius 1 is 0.615 bits per heavy atom. The molecule has 7 heteroatoms. The molecule has 0 rings (SSSR count).